The van der Waals surface area contributed by atoms with Crippen molar-refractivity contribution in [1.29, 1.82) is 0 Å². The van der Waals surface area contributed by atoms with E-state index in [-0.39, 0.29) is 45.3 Å². The molecule has 2 aromatic rings. The summed E-state index contributed by atoms with van der Waals surface area (Å²) in [6, 6.07) is 5.64. The topological polar surface area (TPSA) is 83.8 Å². The van der Waals surface area contributed by atoms with Gasteiger partial charge < -0.3 is 5.11 Å². The molecule has 0 aromatic heterocycles. The summed E-state index contributed by atoms with van der Waals surface area (Å²) in [4.78, 5) is 35.8. The molecule has 21 heavy (non-hydrogen) atoms. The summed E-state index contributed by atoms with van der Waals surface area (Å²) in [6.07, 6.45) is 0. The highest BCUT2D eigenvalue weighted by Gasteiger charge is 2.31. The Labute approximate surface area is 120 Å². The highest BCUT2D eigenvalue weighted by Crippen LogP contribution is 2.34. The molecule has 3 rings (SSSR count). The van der Waals surface area contributed by atoms with Gasteiger partial charge >= 0.3 is 0 Å². The molecule has 0 amide bonds. The zero-order valence-corrected chi connectivity index (χ0v) is 11.4. The molecule has 1 aliphatic rings. The molecule has 0 spiro atoms. The molecule has 0 atom stereocenters. The summed E-state index contributed by atoms with van der Waals surface area (Å²) < 4.78 is 0. The van der Waals surface area contributed by atoms with Crippen molar-refractivity contribution in [2.24, 2.45) is 5.18 Å². The molecule has 0 unspecified atom stereocenters. The minimum Gasteiger partial charge on any atom is -0.508 e. The van der Waals surface area contributed by atoms with Crippen molar-refractivity contribution < 1.29 is 14.7 Å². The van der Waals surface area contributed by atoms with Gasteiger partial charge in [-0.05, 0) is 54.4 Å². The summed E-state index contributed by atoms with van der Waals surface area (Å²) in [5.41, 5.74) is 2.03. The van der Waals surface area contributed by atoms with Crippen LogP contribution >= 0.6 is 0 Å². The third kappa shape index (κ3) is 1.78. The van der Waals surface area contributed by atoms with Crippen LogP contribution in [0.1, 0.15) is 43.0 Å². The Morgan fingerprint density at radius 3 is 1.86 bits per heavy atom. The lowest BCUT2D eigenvalue weighted by Crippen LogP contribution is -2.21. The monoisotopic (exact) mass is 281 g/mol. The summed E-state index contributed by atoms with van der Waals surface area (Å²) in [5.74, 6) is -0.704. The second kappa shape index (κ2) is 4.34. The Balaban J connectivity index is 2.32. The molecule has 0 fully saturated rings. The van der Waals surface area contributed by atoms with Crippen LogP contribution in [0.15, 0.2) is 29.4 Å². The maximum absolute atomic E-state index is 12.5. The van der Waals surface area contributed by atoms with Crippen molar-refractivity contribution in [3.05, 3.63) is 62.6 Å². The van der Waals surface area contributed by atoms with Crippen molar-refractivity contribution in [2.75, 3.05) is 0 Å². The van der Waals surface area contributed by atoms with Crippen LogP contribution in [0.3, 0.4) is 0 Å². The van der Waals surface area contributed by atoms with Crippen molar-refractivity contribution in [2.45, 2.75) is 13.8 Å². The average molecular weight is 281 g/mol. The molecule has 0 saturated heterocycles. The Bertz CT molecular complexity index is 837. The fourth-order valence-corrected chi connectivity index (χ4v) is 2.53. The van der Waals surface area contributed by atoms with Crippen LogP contribution < -0.4 is 0 Å². The van der Waals surface area contributed by atoms with Gasteiger partial charge in [0.1, 0.15) is 11.4 Å². The molecule has 0 aliphatic heterocycles. The van der Waals surface area contributed by atoms with Gasteiger partial charge in [-0.25, -0.2) is 0 Å². The molecular formula is C16H11NO4. The summed E-state index contributed by atoms with van der Waals surface area (Å²) >= 11 is 0. The van der Waals surface area contributed by atoms with Gasteiger partial charge in [0, 0.05) is 22.3 Å². The van der Waals surface area contributed by atoms with Crippen molar-refractivity contribution >= 4 is 17.3 Å². The van der Waals surface area contributed by atoms with Crippen molar-refractivity contribution in [3.8, 4) is 5.75 Å². The number of carbonyl (C=O) groups is 2. The molecule has 0 bridgehead atoms. The first kappa shape index (κ1) is 13.2. The van der Waals surface area contributed by atoms with E-state index in [2.05, 4.69) is 5.18 Å². The lowest BCUT2D eigenvalue weighted by molar-refractivity contribution is 0.0979. The minimum absolute atomic E-state index is 0.0266. The number of nitrogens with zero attached hydrogens (tertiary/aromatic N) is 1. The zero-order valence-electron chi connectivity index (χ0n) is 11.4. The Kier molecular flexibility index (Phi) is 2.73. The second-order valence-electron chi connectivity index (χ2n) is 5.12. The number of hydrogen-bond donors (Lipinski definition) is 1. The number of benzene rings is 2. The van der Waals surface area contributed by atoms with Crippen LogP contribution in [0, 0.1) is 18.8 Å². The maximum atomic E-state index is 12.5. The van der Waals surface area contributed by atoms with Crippen molar-refractivity contribution in [3.63, 3.8) is 0 Å². The summed E-state index contributed by atoms with van der Waals surface area (Å²) in [7, 11) is 0. The molecule has 2 aromatic carbocycles. The number of ketones is 2. The smallest absolute Gasteiger partial charge is 0.194 e. The van der Waals surface area contributed by atoms with Gasteiger partial charge in [-0.15, -0.1) is 4.91 Å². The third-order valence-corrected chi connectivity index (χ3v) is 3.75. The molecule has 104 valence electrons. The Morgan fingerprint density at radius 1 is 0.810 bits per heavy atom. The zero-order chi connectivity index (χ0) is 15.3. The number of carbonyl (C=O) groups excluding carboxylic acids is 2. The molecule has 0 radical (unpaired) electrons. The number of phenols is 1. The predicted octanol–water partition coefficient (Wildman–Crippen LogP) is 3.18. The van der Waals surface area contributed by atoms with Gasteiger partial charge in [-0.3, -0.25) is 9.59 Å². The van der Waals surface area contributed by atoms with Crippen LogP contribution in [0.5, 0.6) is 5.75 Å². The molecule has 5 nitrogen and oxygen atoms in total. The van der Waals surface area contributed by atoms with E-state index in [1.165, 1.54) is 24.3 Å². The SMILES string of the molecule is Cc1cc2c(cc1O)C(=O)c1cc(C)c(N=O)cc1C2=O. The van der Waals surface area contributed by atoms with Crippen LogP contribution in [0.25, 0.3) is 0 Å². The van der Waals surface area contributed by atoms with E-state index in [0.717, 1.165) is 0 Å². The van der Waals surface area contributed by atoms with Crippen LogP contribution in [0.2, 0.25) is 0 Å². The number of phenolic OH excluding ortho intramolecular Hbond substituents is 1. The van der Waals surface area contributed by atoms with Gasteiger partial charge in [0.2, 0.25) is 0 Å². The van der Waals surface area contributed by atoms with Gasteiger partial charge in [-0.2, -0.15) is 0 Å². The number of fused-ring (bicyclic) bond motifs is 2. The molecular weight excluding hydrogens is 270 g/mol. The summed E-state index contributed by atoms with van der Waals surface area (Å²) in [5, 5.41) is 12.6. The molecule has 0 saturated carbocycles. The van der Waals surface area contributed by atoms with E-state index in [4.69, 9.17) is 0 Å². The fourth-order valence-electron chi connectivity index (χ4n) is 2.53. The van der Waals surface area contributed by atoms with Crippen LogP contribution in [-0.4, -0.2) is 16.7 Å². The average Bonchev–Trinajstić information content (AvgIpc) is 2.46. The first-order valence-electron chi connectivity index (χ1n) is 6.35. The maximum Gasteiger partial charge on any atom is 0.194 e. The van der Waals surface area contributed by atoms with E-state index in [0.29, 0.717) is 11.1 Å². The van der Waals surface area contributed by atoms with E-state index < -0.39 is 0 Å². The van der Waals surface area contributed by atoms with Gasteiger partial charge in [0.05, 0.1) is 0 Å². The lowest BCUT2D eigenvalue weighted by Gasteiger charge is -2.19. The van der Waals surface area contributed by atoms with E-state index in [1.807, 2.05) is 0 Å². The number of hydrogen-bond acceptors (Lipinski definition) is 5. The molecule has 1 aliphatic carbocycles. The van der Waals surface area contributed by atoms with E-state index >= 15 is 0 Å². The van der Waals surface area contributed by atoms with Gasteiger partial charge in [0.15, 0.2) is 11.6 Å². The highest BCUT2D eigenvalue weighted by atomic mass is 16.3. The lowest BCUT2D eigenvalue weighted by atomic mass is 9.82. The standard InChI is InChI=1S/C16H11NO4/c1-7-3-9-11(5-13(7)17-21)15(19)10-4-8(2)14(18)6-12(10)16(9)20/h3-6,18H,1-2H3. The first-order chi connectivity index (χ1) is 9.93. The highest BCUT2D eigenvalue weighted by molar-refractivity contribution is 6.28. The van der Waals surface area contributed by atoms with Crippen molar-refractivity contribution in [1.82, 2.24) is 0 Å². The largest absolute Gasteiger partial charge is 0.508 e. The number of nitroso groups, excluding NO2 is 1. The van der Waals surface area contributed by atoms with E-state index in [1.54, 1.807) is 13.8 Å². The number of aromatic hydroxyl groups is 1. The fraction of sp³-hybridized carbons (Fsp3) is 0.125. The van der Waals surface area contributed by atoms with Gasteiger partial charge in [0.25, 0.3) is 0 Å². The van der Waals surface area contributed by atoms with E-state index in [9.17, 15) is 19.6 Å². The number of rotatable bonds is 1. The van der Waals surface area contributed by atoms with Crippen LogP contribution in [-0.2, 0) is 0 Å². The molecule has 0 heterocycles. The number of aryl methyl sites for hydroxylation is 2. The van der Waals surface area contributed by atoms with Gasteiger partial charge in [-0.1, -0.05) is 0 Å². The third-order valence-electron chi connectivity index (χ3n) is 3.75. The normalized spacial score (nSPS) is 12.9. The first-order valence-corrected chi connectivity index (χ1v) is 6.35. The Hall–Kier alpha value is -2.82. The summed E-state index contributed by atoms with van der Waals surface area (Å²) in [6.45, 7) is 3.30. The molecule has 5 heteroatoms. The Morgan fingerprint density at radius 2 is 1.29 bits per heavy atom. The second-order valence-corrected chi connectivity index (χ2v) is 5.12. The minimum atomic E-state index is -0.340. The van der Waals surface area contributed by atoms with Crippen LogP contribution in [0.4, 0.5) is 5.69 Å². The predicted molar refractivity (Wildman–Crippen MR) is 76.3 cm³/mol. The molecule has 1 N–H and O–H groups in total. The quantitative estimate of drug-likeness (QED) is 0.694.